The number of aryl methyl sites for hydroxylation is 1. The number of nitrogens with one attached hydrogen (secondary N) is 1. The minimum absolute atomic E-state index is 0.771. The van der Waals surface area contributed by atoms with E-state index in [9.17, 15) is 0 Å². The molecule has 18 heavy (non-hydrogen) atoms. The lowest BCUT2D eigenvalue weighted by atomic mass is 10.2. The van der Waals surface area contributed by atoms with Gasteiger partial charge in [0.2, 0.25) is 0 Å². The van der Waals surface area contributed by atoms with E-state index in [4.69, 9.17) is 0 Å². The molecular formula is C14H17N3S. The number of anilines is 1. The van der Waals surface area contributed by atoms with E-state index >= 15 is 0 Å². The zero-order chi connectivity index (χ0) is 13.0. The number of hydrogen-bond donors (Lipinski definition) is 1. The van der Waals surface area contributed by atoms with Crippen molar-refractivity contribution in [3.63, 3.8) is 0 Å². The first-order valence-electron chi connectivity index (χ1n) is 5.99. The summed E-state index contributed by atoms with van der Waals surface area (Å²) in [5.74, 6) is 2.71. The number of hydrogen-bond acceptors (Lipinski definition) is 4. The van der Waals surface area contributed by atoms with Crippen LogP contribution in [0.5, 0.6) is 0 Å². The van der Waals surface area contributed by atoms with Crippen LogP contribution in [0.3, 0.4) is 0 Å². The molecule has 0 fully saturated rings. The molecule has 1 aromatic heterocycles. The highest BCUT2D eigenvalue weighted by atomic mass is 32.2. The fourth-order valence-corrected chi connectivity index (χ4v) is 2.35. The van der Waals surface area contributed by atoms with Gasteiger partial charge in [-0.25, -0.2) is 9.97 Å². The minimum Gasteiger partial charge on any atom is -0.373 e. The molecule has 2 aromatic rings. The SMILES string of the molecule is CCSc1ccc(-c2nc(C)cc(NC)n2)cc1. The van der Waals surface area contributed by atoms with Gasteiger partial charge in [-0.3, -0.25) is 0 Å². The van der Waals surface area contributed by atoms with Crippen LogP contribution in [0.25, 0.3) is 11.4 Å². The fourth-order valence-electron chi connectivity index (χ4n) is 1.69. The summed E-state index contributed by atoms with van der Waals surface area (Å²) in [6, 6.07) is 10.3. The maximum absolute atomic E-state index is 4.47. The minimum atomic E-state index is 0.771. The standard InChI is InChI=1S/C14H17N3S/c1-4-18-12-7-5-11(6-8-12)14-16-10(2)9-13(15-3)17-14/h5-9H,4H2,1-3H3,(H,15,16,17). The molecule has 0 unspecified atom stereocenters. The highest BCUT2D eigenvalue weighted by molar-refractivity contribution is 7.99. The molecule has 1 aromatic carbocycles. The second-order valence-electron chi connectivity index (χ2n) is 3.93. The number of benzene rings is 1. The number of aromatic nitrogens is 2. The predicted molar refractivity (Wildman–Crippen MR) is 78.1 cm³/mol. The van der Waals surface area contributed by atoms with Crippen molar-refractivity contribution >= 4 is 17.6 Å². The predicted octanol–water partition coefficient (Wildman–Crippen LogP) is 3.61. The van der Waals surface area contributed by atoms with E-state index in [1.54, 1.807) is 0 Å². The van der Waals surface area contributed by atoms with E-state index in [2.05, 4.69) is 46.5 Å². The lowest BCUT2D eigenvalue weighted by Gasteiger charge is -2.06. The van der Waals surface area contributed by atoms with Gasteiger partial charge >= 0.3 is 0 Å². The summed E-state index contributed by atoms with van der Waals surface area (Å²) in [5.41, 5.74) is 2.02. The van der Waals surface area contributed by atoms with Gasteiger partial charge in [-0.2, -0.15) is 0 Å². The van der Waals surface area contributed by atoms with E-state index in [1.807, 2.05) is 31.8 Å². The molecule has 1 heterocycles. The maximum atomic E-state index is 4.47. The molecule has 0 spiro atoms. The molecule has 0 amide bonds. The Bertz CT molecular complexity index is 523. The Morgan fingerprint density at radius 3 is 2.50 bits per heavy atom. The van der Waals surface area contributed by atoms with Crippen LogP contribution < -0.4 is 5.32 Å². The van der Waals surface area contributed by atoms with Gasteiger partial charge < -0.3 is 5.32 Å². The van der Waals surface area contributed by atoms with Crippen molar-refractivity contribution in [2.45, 2.75) is 18.7 Å². The number of nitrogens with zero attached hydrogens (tertiary/aromatic N) is 2. The van der Waals surface area contributed by atoms with Crippen molar-refractivity contribution in [3.8, 4) is 11.4 Å². The van der Waals surface area contributed by atoms with Crippen molar-refractivity contribution in [2.75, 3.05) is 18.1 Å². The summed E-state index contributed by atoms with van der Waals surface area (Å²) < 4.78 is 0. The Balaban J connectivity index is 2.33. The molecule has 0 radical (unpaired) electrons. The van der Waals surface area contributed by atoms with Crippen LogP contribution >= 0.6 is 11.8 Å². The van der Waals surface area contributed by atoms with Gasteiger partial charge in [-0.1, -0.05) is 19.1 Å². The second-order valence-corrected chi connectivity index (χ2v) is 5.26. The van der Waals surface area contributed by atoms with E-state index in [0.717, 1.165) is 28.7 Å². The van der Waals surface area contributed by atoms with Crippen LogP contribution in [0.1, 0.15) is 12.6 Å². The van der Waals surface area contributed by atoms with Gasteiger partial charge in [0.05, 0.1) is 0 Å². The van der Waals surface area contributed by atoms with E-state index in [1.165, 1.54) is 4.90 Å². The van der Waals surface area contributed by atoms with E-state index < -0.39 is 0 Å². The maximum Gasteiger partial charge on any atom is 0.161 e. The average molecular weight is 259 g/mol. The Morgan fingerprint density at radius 2 is 1.89 bits per heavy atom. The molecule has 0 aliphatic rings. The average Bonchev–Trinajstić information content (AvgIpc) is 2.39. The third kappa shape index (κ3) is 3.01. The Morgan fingerprint density at radius 1 is 1.17 bits per heavy atom. The normalized spacial score (nSPS) is 10.4. The number of rotatable bonds is 4. The van der Waals surface area contributed by atoms with Gasteiger partial charge in [0.25, 0.3) is 0 Å². The molecule has 2 rings (SSSR count). The molecule has 4 heteroatoms. The highest BCUT2D eigenvalue weighted by Crippen LogP contribution is 2.22. The first-order valence-corrected chi connectivity index (χ1v) is 6.98. The van der Waals surface area contributed by atoms with Crippen LogP contribution in [-0.4, -0.2) is 22.8 Å². The molecule has 3 nitrogen and oxygen atoms in total. The summed E-state index contributed by atoms with van der Waals surface area (Å²) in [6.07, 6.45) is 0. The zero-order valence-corrected chi connectivity index (χ0v) is 11.7. The summed E-state index contributed by atoms with van der Waals surface area (Å²) in [4.78, 5) is 10.2. The Labute approximate surface area is 112 Å². The topological polar surface area (TPSA) is 37.8 Å². The van der Waals surface area contributed by atoms with Gasteiger partial charge in [0.1, 0.15) is 5.82 Å². The van der Waals surface area contributed by atoms with Crippen molar-refractivity contribution in [1.29, 1.82) is 0 Å². The molecular weight excluding hydrogens is 242 g/mol. The summed E-state index contributed by atoms with van der Waals surface area (Å²) in [5, 5.41) is 3.05. The van der Waals surface area contributed by atoms with Crippen molar-refractivity contribution in [3.05, 3.63) is 36.0 Å². The second kappa shape index (κ2) is 5.87. The van der Waals surface area contributed by atoms with Gasteiger partial charge in [0, 0.05) is 29.3 Å². The molecule has 1 N–H and O–H groups in total. The first-order chi connectivity index (χ1) is 8.72. The van der Waals surface area contributed by atoms with Crippen molar-refractivity contribution < 1.29 is 0 Å². The third-order valence-corrected chi connectivity index (χ3v) is 3.43. The zero-order valence-electron chi connectivity index (χ0n) is 10.9. The van der Waals surface area contributed by atoms with Crippen LogP contribution in [-0.2, 0) is 0 Å². The van der Waals surface area contributed by atoms with Gasteiger partial charge in [0.15, 0.2) is 5.82 Å². The van der Waals surface area contributed by atoms with Crippen molar-refractivity contribution in [2.24, 2.45) is 0 Å². The highest BCUT2D eigenvalue weighted by Gasteiger charge is 2.04. The molecule has 0 aliphatic carbocycles. The first kappa shape index (κ1) is 12.9. The van der Waals surface area contributed by atoms with Crippen molar-refractivity contribution in [1.82, 2.24) is 9.97 Å². The largest absolute Gasteiger partial charge is 0.373 e. The van der Waals surface area contributed by atoms with Gasteiger partial charge in [-0.05, 0) is 24.8 Å². The van der Waals surface area contributed by atoms with Crippen LogP contribution in [0.15, 0.2) is 35.2 Å². The summed E-state index contributed by atoms with van der Waals surface area (Å²) in [7, 11) is 1.87. The Hall–Kier alpha value is -1.55. The van der Waals surface area contributed by atoms with E-state index in [0.29, 0.717) is 0 Å². The lowest BCUT2D eigenvalue weighted by molar-refractivity contribution is 1.11. The Kier molecular flexibility index (Phi) is 4.20. The smallest absolute Gasteiger partial charge is 0.161 e. The molecule has 0 bridgehead atoms. The molecule has 0 aliphatic heterocycles. The van der Waals surface area contributed by atoms with Crippen LogP contribution in [0.4, 0.5) is 5.82 Å². The molecule has 0 saturated heterocycles. The quantitative estimate of drug-likeness (QED) is 0.851. The molecule has 0 saturated carbocycles. The monoisotopic (exact) mass is 259 g/mol. The molecule has 0 atom stereocenters. The van der Waals surface area contributed by atoms with Crippen LogP contribution in [0.2, 0.25) is 0 Å². The summed E-state index contributed by atoms with van der Waals surface area (Å²) in [6.45, 7) is 4.13. The fraction of sp³-hybridized carbons (Fsp3) is 0.286. The van der Waals surface area contributed by atoms with Crippen LogP contribution in [0, 0.1) is 6.92 Å². The van der Waals surface area contributed by atoms with E-state index in [-0.39, 0.29) is 0 Å². The third-order valence-electron chi connectivity index (χ3n) is 2.53. The lowest BCUT2D eigenvalue weighted by Crippen LogP contribution is -1.98. The number of thioether (sulfide) groups is 1. The van der Waals surface area contributed by atoms with Gasteiger partial charge in [-0.15, -0.1) is 11.8 Å². The summed E-state index contributed by atoms with van der Waals surface area (Å²) >= 11 is 1.84. The molecule has 94 valence electrons.